The molecule has 5 rings (SSSR count). The van der Waals surface area contributed by atoms with E-state index in [0.717, 1.165) is 22.3 Å². The lowest BCUT2D eigenvalue weighted by molar-refractivity contribution is -0.139. The van der Waals surface area contributed by atoms with Crippen LogP contribution in [0.25, 0.3) is 22.3 Å². The second kappa shape index (κ2) is 9.82. The molecule has 3 heterocycles. The maximum absolute atomic E-state index is 13.1. The van der Waals surface area contributed by atoms with Crippen molar-refractivity contribution in [1.29, 1.82) is 0 Å². The summed E-state index contributed by atoms with van der Waals surface area (Å²) in [5.74, 6) is 1.38. The van der Waals surface area contributed by atoms with Crippen LogP contribution in [0.3, 0.4) is 0 Å². The van der Waals surface area contributed by atoms with E-state index in [2.05, 4.69) is 19.9 Å². The van der Waals surface area contributed by atoms with Crippen LogP contribution in [0.1, 0.15) is 13.3 Å². The molecule has 0 N–H and O–H groups in total. The van der Waals surface area contributed by atoms with Gasteiger partial charge in [-0.05, 0) is 48.9 Å². The summed E-state index contributed by atoms with van der Waals surface area (Å²) in [6.07, 6.45) is 5.32. The Labute approximate surface area is 198 Å². The zero-order chi connectivity index (χ0) is 23.3. The van der Waals surface area contributed by atoms with E-state index in [0.29, 0.717) is 44.3 Å². The highest BCUT2D eigenvalue weighted by atomic mass is 16.5. The number of fused-ring (bicyclic) bond motifs is 1. The van der Waals surface area contributed by atoms with Gasteiger partial charge in [-0.3, -0.25) is 9.78 Å². The van der Waals surface area contributed by atoms with Gasteiger partial charge in [-0.1, -0.05) is 19.1 Å². The summed E-state index contributed by atoms with van der Waals surface area (Å²) in [6, 6.07) is 17.3. The summed E-state index contributed by atoms with van der Waals surface area (Å²) in [6.45, 7) is 4.62. The Morgan fingerprint density at radius 3 is 2.32 bits per heavy atom. The molecule has 34 heavy (non-hydrogen) atoms. The van der Waals surface area contributed by atoms with Gasteiger partial charge in [0.1, 0.15) is 5.75 Å². The number of aromatic nitrogens is 4. The van der Waals surface area contributed by atoms with Crippen LogP contribution in [0.15, 0.2) is 73.2 Å². The van der Waals surface area contributed by atoms with E-state index in [9.17, 15) is 4.79 Å². The molecule has 0 aliphatic carbocycles. The normalized spacial score (nSPS) is 14.7. The van der Waals surface area contributed by atoms with E-state index < -0.39 is 6.10 Å². The van der Waals surface area contributed by atoms with E-state index >= 15 is 0 Å². The van der Waals surface area contributed by atoms with Gasteiger partial charge in [0.25, 0.3) is 5.91 Å². The monoisotopic (exact) mass is 454 g/mol. The summed E-state index contributed by atoms with van der Waals surface area (Å²) in [4.78, 5) is 34.9. The van der Waals surface area contributed by atoms with Crippen molar-refractivity contribution in [3.05, 3.63) is 73.2 Å². The highest BCUT2D eigenvalue weighted by Crippen LogP contribution is 2.23. The van der Waals surface area contributed by atoms with Crippen LogP contribution in [0.4, 0.5) is 5.95 Å². The largest absolute Gasteiger partial charge is 0.481 e. The summed E-state index contributed by atoms with van der Waals surface area (Å²) < 4.78 is 6.09. The van der Waals surface area contributed by atoms with Gasteiger partial charge in [-0.25, -0.2) is 15.0 Å². The molecule has 172 valence electrons. The number of carbonyl (C=O) groups excluding carboxylic acids is 1. The average molecular weight is 455 g/mol. The third kappa shape index (κ3) is 4.66. The molecule has 1 aliphatic rings. The number of benzene rings is 2. The van der Waals surface area contributed by atoms with Crippen molar-refractivity contribution in [1.82, 2.24) is 24.8 Å². The van der Waals surface area contributed by atoms with Gasteiger partial charge >= 0.3 is 0 Å². The van der Waals surface area contributed by atoms with E-state index in [1.165, 1.54) is 0 Å². The Morgan fingerprint density at radius 1 is 0.912 bits per heavy atom. The molecule has 4 aromatic rings. The van der Waals surface area contributed by atoms with Crippen LogP contribution < -0.4 is 9.64 Å². The lowest BCUT2D eigenvalue weighted by Crippen LogP contribution is -2.52. The van der Waals surface area contributed by atoms with Crippen LogP contribution in [0, 0.1) is 0 Å². The Hall–Kier alpha value is -4.07. The van der Waals surface area contributed by atoms with Gasteiger partial charge < -0.3 is 14.5 Å². The minimum atomic E-state index is -0.522. The zero-order valence-corrected chi connectivity index (χ0v) is 19.0. The fourth-order valence-electron chi connectivity index (χ4n) is 4.06. The Morgan fingerprint density at radius 2 is 1.62 bits per heavy atom. The first kappa shape index (κ1) is 21.8. The van der Waals surface area contributed by atoms with Crippen molar-refractivity contribution < 1.29 is 9.53 Å². The molecule has 1 atom stereocenters. The smallest absolute Gasteiger partial charge is 0.263 e. The van der Waals surface area contributed by atoms with Gasteiger partial charge in [0.2, 0.25) is 5.95 Å². The van der Waals surface area contributed by atoms with Crippen molar-refractivity contribution in [3.63, 3.8) is 0 Å². The van der Waals surface area contributed by atoms with E-state index in [1.807, 2.05) is 60.4 Å². The molecule has 0 radical (unpaired) electrons. The Kier molecular flexibility index (Phi) is 6.29. The minimum absolute atomic E-state index is 0.0144. The fourth-order valence-corrected chi connectivity index (χ4v) is 4.06. The quantitative estimate of drug-likeness (QED) is 0.440. The van der Waals surface area contributed by atoms with Gasteiger partial charge in [-0.2, -0.15) is 0 Å². The Bertz CT molecular complexity index is 1260. The predicted octanol–water partition coefficient (Wildman–Crippen LogP) is 3.59. The fraction of sp³-hybridized carbons (Fsp3) is 0.269. The lowest BCUT2D eigenvalue weighted by atomic mass is 10.1. The molecule has 0 unspecified atom stereocenters. The number of hydrogen-bond donors (Lipinski definition) is 0. The maximum Gasteiger partial charge on any atom is 0.263 e. The first-order chi connectivity index (χ1) is 16.7. The number of nitrogens with zero attached hydrogens (tertiary/aromatic N) is 6. The van der Waals surface area contributed by atoms with Crippen LogP contribution in [-0.4, -0.2) is 63.0 Å². The number of ether oxygens (including phenoxy) is 1. The number of rotatable bonds is 6. The highest BCUT2D eigenvalue weighted by molar-refractivity contribution is 5.81. The van der Waals surface area contributed by atoms with Gasteiger partial charge in [0.15, 0.2) is 6.10 Å². The molecule has 2 aromatic heterocycles. The SMILES string of the molecule is CC[C@@H](Oc1ccc(-c2cnc3ccccc3n2)cc1)C(=O)N1CCN(c2ncccn2)CC1. The van der Waals surface area contributed by atoms with Gasteiger partial charge in [0.05, 0.1) is 22.9 Å². The topological polar surface area (TPSA) is 84.3 Å². The number of carbonyl (C=O) groups is 1. The molecule has 0 spiro atoms. The third-order valence-electron chi connectivity index (χ3n) is 5.95. The number of anilines is 1. The molecule has 8 heteroatoms. The second-order valence-electron chi connectivity index (χ2n) is 8.14. The average Bonchev–Trinajstić information content (AvgIpc) is 2.92. The molecule has 0 bridgehead atoms. The maximum atomic E-state index is 13.1. The molecular formula is C26H26N6O2. The molecule has 1 aliphatic heterocycles. The lowest BCUT2D eigenvalue weighted by Gasteiger charge is -2.36. The zero-order valence-electron chi connectivity index (χ0n) is 19.0. The van der Waals surface area contributed by atoms with Crippen LogP contribution in [0.5, 0.6) is 5.75 Å². The molecule has 8 nitrogen and oxygen atoms in total. The molecule has 1 amide bonds. The molecular weight excluding hydrogens is 428 g/mol. The first-order valence-corrected chi connectivity index (χ1v) is 11.5. The standard InChI is InChI=1S/C26H26N6O2/c1-2-24(25(33)31-14-16-32(17-15-31)26-27-12-5-13-28-26)34-20-10-8-19(9-11-20)23-18-29-21-6-3-4-7-22(21)30-23/h3-13,18,24H,2,14-17H2,1H3/t24-/m1/s1. The molecule has 1 fully saturated rings. The van der Waals surface area contributed by atoms with E-state index in [-0.39, 0.29) is 5.91 Å². The molecule has 1 saturated heterocycles. The van der Waals surface area contributed by atoms with Crippen molar-refractivity contribution in [2.24, 2.45) is 0 Å². The predicted molar refractivity (Wildman–Crippen MR) is 131 cm³/mol. The van der Waals surface area contributed by atoms with Crippen molar-refractivity contribution in [3.8, 4) is 17.0 Å². The highest BCUT2D eigenvalue weighted by Gasteiger charge is 2.28. The van der Waals surface area contributed by atoms with Gasteiger partial charge in [0, 0.05) is 44.1 Å². The third-order valence-corrected chi connectivity index (χ3v) is 5.95. The molecule has 0 saturated carbocycles. The van der Waals surface area contributed by atoms with E-state index in [4.69, 9.17) is 9.72 Å². The summed E-state index contributed by atoms with van der Waals surface area (Å²) in [5.41, 5.74) is 3.47. The summed E-state index contributed by atoms with van der Waals surface area (Å²) >= 11 is 0. The van der Waals surface area contributed by atoms with Crippen LogP contribution in [-0.2, 0) is 4.79 Å². The van der Waals surface area contributed by atoms with Crippen LogP contribution in [0.2, 0.25) is 0 Å². The molecule has 2 aromatic carbocycles. The minimum Gasteiger partial charge on any atom is -0.481 e. The van der Waals surface area contributed by atoms with Crippen molar-refractivity contribution >= 4 is 22.9 Å². The van der Waals surface area contributed by atoms with Crippen LogP contribution >= 0.6 is 0 Å². The first-order valence-electron chi connectivity index (χ1n) is 11.5. The van der Waals surface area contributed by atoms with Gasteiger partial charge in [-0.15, -0.1) is 0 Å². The number of piperazine rings is 1. The van der Waals surface area contributed by atoms with E-state index in [1.54, 1.807) is 24.7 Å². The van der Waals surface area contributed by atoms with Crippen molar-refractivity contribution in [2.45, 2.75) is 19.4 Å². The second-order valence-corrected chi connectivity index (χ2v) is 8.14. The number of para-hydroxylation sites is 2. The van der Waals surface area contributed by atoms with Crippen molar-refractivity contribution in [2.75, 3.05) is 31.1 Å². The number of hydrogen-bond acceptors (Lipinski definition) is 7. The summed E-state index contributed by atoms with van der Waals surface area (Å²) in [7, 11) is 0. The number of amides is 1. The Balaban J connectivity index is 1.22. The summed E-state index contributed by atoms with van der Waals surface area (Å²) in [5, 5.41) is 0.